The highest BCUT2D eigenvalue weighted by Crippen LogP contribution is 2.33. The standard InChI is InChI=1S/C50H58N14O3/c1-35-7-6-8-39(48(35)62-29-27-61(28-30-62)45(67)34-54-49-46(55-42-31-51-18-21-63(42)49)37-9-13-40(14-10-37)57(3)4)17-20-58(5)41-15-11-38(12-16-41)47-50(64-22-19-52-32-43(64)56-47)53-33-44(66)60-25-23-59(24-26-60)36(2)65/h6-16,18-19,21-22,31-32,53-54H,17,20,23-30,33-34H2,1-5H3. The van der Waals surface area contributed by atoms with E-state index < -0.39 is 0 Å². The maximum atomic E-state index is 13.7. The topological polar surface area (TPSA) is 155 Å². The van der Waals surface area contributed by atoms with Crippen LogP contribution >= 0.6 is 0 Å². The van der Waals surface area contributed by atoms with Crippen LogP contribution in [0.1, 0.15) is 18.1 Å². The Balaban J connectivity index is 0.811. The molecule has 6 heterocycles. The first-order valence-corrected chi connectivity index (χ1v) is 22.9. The molecule has 346 valence electrons. The maximum Gasteiger partial charge on any atom is 0.242 e. The number of carbonyl (C=O) groups is 3. The number of benzene rings is 3. The molecule has 0 spiro atoms. The first-order chi connectivity index (χ1) is 32.5. The molecule has 0 aliphatic carbocycles. The van der Waals surface area contributed by atoms with Crippen LogP contribution in [0.3, 0.4) is 0 Å². The van der Waals surface area contributed by atoms with Gasteiger partial charge in [0.15, 0.2) is 11.3 Å². The summed E-state index contributed by atoms with van der Waals surface area (Å²) >= 11 is 0. The van der Waals surface area contributed by atoms with Gasteiger partial charge in [-0.05, 0) is 48.7 Å². The summed E-state index contributed by atoms with van der Waals surface area (Å²) in [7, 11) is 6.15. The first kappa shape index (κ1) is 44.5. The number of likely N-dealkylation sites (N-methyl/N-ethyl adjacent to an activating group) is 1. The van der Waals surface area contributed by atoms with Crippen molar-refractivity contribution in [2.24, 2.45) is 0 Å². The summed E-state index contributed by atoms with van der Waals surface area (Å²) in [4.78, 5) is 69.4. The number of aryl methyl sites for hydroxylation is 1. The van der Waals surface area contributed by atoms with Gasteiger partial charge in [-0.25, -0.2) is 9.97 Å². The van der Waals surface area contributed by atoms with Gasteiger partial charge < -0.3 is 40.0 Å². The van der Waals surface area contributed by atoms with Crippen molar-refractivity contribution in [1.82, 2.24) is 43.4 Å². The molecule has 0 radical (unpaired) electrons. The number of hydrogen-bond donors (Lipinski definition) is 2. The van der Waals surface area contributed by atoms with E-state index >= 15 is 0 Å². The van der Waals surface area contributed by atoms with E-state index in [1.54, 1.807) is 41.5 Å². The Morgan fingerprint density at radius 2 is 1.12 bits per heavy atom. The van der Waals surface area contributed by atoms with Gasteiger partial charge in [0.1, 0.15) is 23.0 Å². The van der Waals surface area contributed by atoms with Gasteiger partial charge in [-0.2, -0.15) is 0 Å². The largest absolute Gasteiger partial charge is 0.378 e. The summed E-state index contributed by atoms with van der Waals surface area (Å²) in [6, 6.07) is 23.1. The highest BCUT2D eigenvalue weighted by Gasteiger charge is 2.26. The van der Waals surface area contributed by atoms with Crippen molar-refractivity contribution in [2.45, 2.75) is 20.3 Å². The van der Waals surface area contributed by atoms with E-state index in [0.29, 0.717) is 50.6 Å². The number of carbonyl (C=O) groups excluding carboxylic acids is 3. The van der Waals surface area contributed by atoms with Gasteiger partial charge >= 0.3 is 0 Å². The maximum absolute atomic E-state index is 13.7. The zero-order valence-electron chi connectivity index (χ0n) is 38.9. The molecular weight excluding hydrogens is 845 g/mol. The van der Waals surface area contributed by atoms with Gasteiger partial charge in [0, 0.05) is 140 Å². The Kier molecular flexibility index (Phi) is 12.9. The molecule has 4 aromatic heterocycles. The van der Waals surface area contributed by atoms with Crippen LogP contribution in [-0.2, 0) is 20.8 Å². The fourth-order valence-corrected chi connectivity index (χ4v) is 9.13. The number of amides is 3. The molecule has 9 rings (SSSR count). The van der Waals surface area contributed by atoms with Crippen LogP contribution in [0.15, 0.2) is 104 Å². The number of fused-ring (bicyclic) bond motifs is 2. The second kappa shape index (κ2) is 19.4. The number of piperazine rings is 2. The summed E-state index contributed by atoms with van der Waals surface area (Å²) in [5.41, 5.74) is 10.7. The average molecular weight is 903 g/mol. The van der Waals surface area contributed by atoms with Gasteiger partial charge in [0.05, 0.1) is 25.5 Å². The fraction of sp³-hybridized carbons (Fsp3) is 0.340. The number of aromatic nitrogens is 6. The van der Waals surface area contributed by atoms with Crippen molar-refractivity contribution in [2.75, 3.05) is 118 Å². The summed E-state index contributed by atoms with van der Waals surface area (Å²) in [5.74, 6) is 1.55. The zero-order chi connectivity index (χ0) is 46.6. The van der Waals surface area contributed by atoms with Crippen molar-refractivity contribution in [3.05, 3.63) is 115 Å². The number of nitrogens with zero attached hydrogens (tertiary/aromatic N) is 12. The van der Waals surface area contributed by atoms with Gasteiger partial charge in [-0.1, -0.05) is 42.5 Å². The minimum Gasteiger partial charge on any atom is -0.378 e. The van der Waals surface area contributed by atoms with E-state index in [2.05, 4.69) is 116 Å². The molecule has 0 atom stereocenters. The number of para-hydroxylation sites is 1. The molecular formula is C50H58N14O3. The smallest absolute Gasteiger partial charge is 0.242 e. The van der Waals surface area contributed by atoms with Crippen molar-refractivity contribution in [3.8, 4) is 22.5 Å². The fourth-order valence-electron chi connectivity index (χ4n) is 9.13. The Labute approximate surface area is 390 Å². The van der Waals surface area contributed by atoms with E-state index in [1.165, 1.54) is 16.8 Å². The Hall–Kier alpha value is -7.69. The second-order valence-corrected chi connectivity index (χ2v) is 17.4. The quantitative estimate of drug-likeness (QED) is 0.151. The molecule has 17 nitrogen and oxygen atoms in total. The molecule has 7 aromatic rings. The molecule has 2 N–H and O–H groups in total. The van der Waals surface area contributed by atoms with E-state index in [9.17, 15) is 14.4 Å². The Morgan fingerprint density at radius 3 is 1.63 bits per heavy atom. The van der Waals surface area contributed by atoms with E-state index in [0.717, 1.165) is 71.6 Å². The van der Waals surface area contributed by atoms with Crippen LogP contribution < -0.4 is 25.3 Å². The number of imidazole rings is 2. The molecule has 0 bridgehead atoms. The van der Waals surface area contributed by atoms with Crippen LogP contribution in [0, 0.1) is 6.92 Å². The molecule has 2 saturated heterocycles. The number of hydrogen-bond acceptors (Lipinski definition) is 12. The molecule has 67 heavy (non-hydrogen) atoms. The predicted octanol–water partition coefficient (Wildman–Crippen LogP) is 5.02. The lowest BCUT2D eigenvalue weighted by molar-refractivity contribution is -0.137. The molecule has 17 heteroatoms. The van der Waals surface area contributed by atoms with Gasteiger partial charge in [0.2, 0.25) is 17.7 Å². The monoisotopic (exact) mass is 902 g/mol. The van der Waals surface area contributed by atoms with Gasteiger partial charge in [-0.15, -0.1) is 0 Å². The lowest BCUT2D eigenvalue weighted by Gasteiger charge is -2.38. The lowest BCUT2D eigenvalue weighted by atomic mass is 10.0. The van der Waals surface area contributed by atoms with Crippen molar-refractivity contribution in [3.63, 3.8) is 0 Å². The highest BCUT2D eigenvalue weighted by molar-refractivity contribution is 5.86. The second-order valence-electron chi connectivity index (χ2n) is 17.4. The van der Waals surface area contributed by atoms with Gasteiger partial charge in [0.25, 0.3) is 0 Å². The summed E-state index contributed by atoms with van der Waals surface area (Å²) < 4.78 is 3.87. The number of anilines is 5. The van der Waals surface area contributed by atoms with E-state index in [4.69, 9.17) is 9.97 Å². The number of nitrogens with one attached hydrogen (secondary N) is 2. The molecule has 3 aromatic carbocycles. The Bertz CT molecular complexity index is 2880. The minimum absolute atomic E-state index is 0.0242. The van der Waals surface area contributed by atoms with Gasteiger partial charge in [-0.3, -0.25) is 33.2 Å². The predicted molar refractivity (Wildman–Crippen MR) is 264 cm³/mol. The molecule has 3 amide bonds. The van der Waals surface area contributed by atoms with E-state index in [1.807, 2.05) is 40.2 Å². The number of rotatable bonds is 14. The van der Waals surface area contributed by atoms with Crippen molar-refractivity contribution in [1.29, 1.82) is 0 Å². The SMILES string of the molecule is CC(=O)N1CCN(C(=O)CNc2c(-c3ccc(N(C)CCc4cccc(C)c4N4CCN(C(=O)CNc5c(-c6ccc(N(C)C)cc6)nc6cnccn56)CC4)cc3)nc3cnccn23)CC1. The normalized spacial score (nSPS) is 14.2. The van der Waals surface area contributed by atoms with Crippen LogP contribution in [-0.4, -0.2) is 154 Å². The highest BCUT2D eigenvalue weighted by atomic mass is 16.2. The third kappa shape index (κ3) is 9.53. The van der Waals surface area contributed by atoms with Crippen LogP contribution in [0.4, 0.5) is 28.7 Å². The lowest BCUT2D eigenvalue weighted by Crippen LogP contribution is -2.51. The molecule has 0 saturated carbocycles. The molecule has 2 aliphatic rings. The average Bonchev–Trinajstić information content (AvgIpc) is 3.92. The van der Waals surface area contributed by atoms with Crippen LogP contribution in [0.5, 0.6) is 0 Å². The molecule has 0 unspecified atom stereocenters. The zero-order valence-corrected chi connectivity index (χ0v) is 38.9. The summed E-state index contributed by atoms with van der Waals surface area (Å²) in [6.45, 7) is 9.67. The van der Waals surface area contributed by atoms with Crippen molar-refractivity contribution < 1.29 is 14.4 Å². The first-order valence-electron chi connectivity index (χ1n) is 22.9. The molecule has 2 fully saturated rings. The third-order valence-corrected chi connectivity index (χ3v) is 13.0. The van der Waals surface area contributed by atoms with Crippen LogP contribution in [0.2, 0.25) is 0 Å². The summed E-state index contributed by atoms with van der Waals surface area (Å²) in [5, 5.41) is 6.81. The minimum atomic E-state index is -0.0242. The Morgan fingerprint density at radius 1 is 0.627 bits per heavy atom. The van der Waals surface area contributed by atoms with E-state index in [-0.39, 0.29) is 30.8 Å². The molecule has 2 aliphatic heterocycles. The van der Waals surface area contributed by atoms with Crippen molar-refractivity contribution >= 4 is 57.7 Å². The van der Waals surface area contributed by atoms with Crippen LogP contribution in [0.25, 0.3) is 33.8 Å². The third-order valence-electron chi connectivity index (χ3n) is 13.0. The summed E-state index contributed by atoms with van der Waals surface area (Å²) in [6.07, 6.45) is 11.4.